The third kappa shape index (κ3) is 1.69. The Kier molecular flexibility index (Phi) is 1.73. The van der Waals surface area contributed by atoms with Crippen LogP contribution in [0.25, 0.3) is 0 Å². The maximum atomic E-state index is 12.8. The zero-order valence-electron chi connectivity index (χ0n) is 7.02. The molecule has 1 unspecified atom stereocenters. The molecule has 1 spiro atoms. The fraction of sp³-hybridized carbons (Fsp3) is 1.00. The molecular weight excluding hydrogens is 200 g/mol. The SMILES string of the molecule is O=S1(=O)CCC2(CC(F)(F)CN2)C1. The average molecular weight is 211 g/mol. The van der Waals surface area contributed by atoms with Gasteiger partial charge in [0.05, 0.1) is 18.1 Å². The van der Waals surface area contributed by atoms with Crippen molar-refractivity contribution in [1.29, 1.82) is 0 Å². The minimum Gasteiger partial charge on any atom is -0.304 e. The van der Waals surface area contributed by atoms with Crippen LogP contribution in [-0.4, -0.2) is 37.9 Å². The first-order chi connectivity index (χ1) is 5.83. The first-order valence-electron chi connectivity index (χ1n) is 4.16. The summed E-state index contributed by atoms with van der Waals surface area (Å²) in [5.74, 6) is -2.83. The maximum Gasteiger partial charge on any atom is 0.262 e. The molecule has 0 aromatic carbocycles. The van der Waals surface area contributed by atoms with Crippen LogP contribution in [0, 0.1) is 0 Å². The summed E-state index contributed by atoms with van der Waals surface area (Å²) in [5.41, 5.74) is -0.831. The Bertz CT molecular complexity index is 327. The molecule has 2 saturated heterocycles. The third-order valence-electron chi connectivity index (χ3n) is 2.71. The summed E-state index contributed by atoms with van der Waals surface area (Å²) in [5, 5.41) is 2.65. The van der Waals surface area contributed by atoms with Crippen molar-refractivity contribution in [3.8, 4) is 0 Å². The van der Waals surface area contributed by atoms with Crippen molar-refractivity contribution < 1.29 is 17.2 Å². The van der Waals surface area contributed by atoms with Gasteiger partial charge in [-0.15, -0.1) is 0 Å². The minimum absolute atomic E-state index is 0.0378. The van der Waals surface area contributed by atoms with E-state index in [1.807, 2.05) is 0 Å². The highest BCUT2D eigenvalue weighted by Crippen LogP contribution is 2.38. The van der Waals surface area contributed by atoms with Crippen molar-refractivity contribution in [2.24, 2.45) is 0 Å². The van der Waals surface area contributed by atoms with Gasteiger partial charge in [-0.05, 0) is 6.42 Å². The molecule has 0 amide bonds. The minimum atomic E-state index is -3.08. The van der Waals surface area contributed by atoms with Gasteiger partial charge in [-0.1, -0.05) is 0 Å². The van der Waals surface area contributed by atoms with Crippen LogP contribution in [0.5, 0.6) is 0 Å². The largest absolute Gasteiger partial charge is 0.304 e. The molecule has 2 rings (SSSR count). The van der Waals surface area contributed by atoms with E-state index in [1.165, 1.54) is 0 Å². The van der Waals surface area contributed by atoms with Crippen LogP contribution < -0.4 is 5.32 Å². The normalized spacial score (nSPS) is 41.4. The monoisotopic (exact) mass is 211 g/mol. The summed E-state index contributed by atoms with van der Waals surface area (Å²) in [6.07, 6.45) is -0.00977. The van der Waals surface area contributed by atoms with Crippen LogP contribution in [0.15, 0.2) is 0 Å². The number of hydrogen-bond donors (Lipinski definition) is 1. The Labute approximate surface area is 75.4 Å². The lowest BCUT2D eigenvalue weighted by molar-refractivity contribution is 0.0171. The van der Waals surface area contributed by atoms with E-state index in [-0.39, 0.29) is 24.5 Å². The van der Waals surface area contributed by atoms with Gasteiger partial charge >= 0.3 is 0 Å². The Hall–Kier alpha value is -0.230. The lowest BCUT2D eigenvalue weighted by Gasteiger charge is -2.20. The smallest absolute Gasteiger partial charge is 0.262 e. The predicted molar refractivity (Wildman–Crippen MR) is 43.6 cm³/mol. The lowest BCUT2D eigenvalue weighted by Crippen LogP contribution is -2.40. The summed E-state index contributed by atoms with van der Waals surface area (Å²) < 4.78 is 47.9. The van der Waals surface area contributed by atoms with E-state index in [4.69, 9.17) is 0 Å². The number of hydrogen-bond acceptors (Lipinski definition) is 3. The summed E-state index contributed by atoms with van der Waals surface area (Å²) in [4.78, 5) is 0. The summed E-state index contributed by atoms with van der Waals surface area (Å²) in [6, 6.07) is 0. The molecule has 1 atom stereocenters. The van der Waals surface area contributed by atoms with Crippen LogP contribution in [-0.2, 0) is 9.84 Å². The van der Waals surface area contributed by atoms with E-state index in [9.17, 15) is 17.2 Å². The zero-order valence-corrected chi connectivity index (χ0v) is 7.83. The highest BCUT2D eigenvalue weighted by Gasteiger charge is 2.53. The Morgan fingerprint density at radius 3 is 2.38 bits per heavy atom. The van der Waals surface area contributed by atoms with Crippen LogP contribution in [0.1, 0.15) is 12.8 Å². The molecule has 76 valence electrons. The third-order valence-corrected chi connectivity index (χ3v) is 4.53. The molecule has 0 radical (unpaired) electrons. The summed E-state index contributed by atoms with van der Waals surface area (Å²) in [7, 11) is -3.08. The van der Waals surface area contributed by atoms with Crippen molar-refractivity contribution >= 4 is 9.84 Å². The molecule has 0 bridgehead atoms. The molecule has 0 aromatic rings. The van der Waals surface area contributed by atoms with Crippen molar-refractivity contribution in [3.63, 3.8) is 0 Å². The molecule has 2 aliphatic heterocycles. The lowest BCUT2D eigenvalue weighted by atomic mass is 9.96. The molecule has 0 aromatic heterocycles. The second-order valence-corrected chi connectivity index (χ2v) is 6.19. The Morgan fingerprint density at radius 1 is 1.31 bits per heavy atom. The number of rotatable bonds is 0. The molecule has 2 aliphatic rings. The van der Waals surface area contributed by atoms with E-state index in [2.05, 4.69) is 5.32 Å². The van der Waals surface area contributed by atoms with Gasteiger partial charge in [0.1, 0.15) is 0 Å². The first-order valence-corrected chi connectivity index (χ1v) is 5.98. The number of nitrogens with one attached hydrogen (secondary N) is 1. The number of sulfone groups is 1. The van der Waals surface area contributed by atoms with Gasteiger partial charge in [-0.25, -0.2) is 17.2 Å². The van der Waals surface area contributed by atoms with Crippen molar-refractivity contribution in [2.45, 2.75) is 24.3 Å². The van der Waals surface area contributed by atoms with Crippen LogP contribution in [0.3, 0.4) is 0 Å². The van der Waals surface area contributed by atoms with E-state index in [0.29, 0.717) is 6.42 Å². The predicted octanol–water partition coefficient (Wildman–Crippen LogP) is 0.172. The quantitative estimate of drug-likeness (QED) is 0.621. The van der Waals surface area contributed by atoms with Crippen LogP contribution >= 0.6 is 0 Å². The van der Waals surface area contributed by atoms with Crippen molar-refractivity contribution in [3.05, 3.63) is 0 Å². The van der Waals surface area contributed by atoms with E-state index < -0.39 is 21.3 Å². The maximum absolute atomic E-state index is 12.8. The van der Waals surface area contributed by atoms with Gasteiger partial charge in [-0.2, -0.15) is 0 Å². The summed E-state index contributed by atoms with van der Waals surface area (Å²) >= 11 is 0. The Morgan fingerprint density at radius 2 is 2.00 bits per heavy atom. The van der Waals surface area contributed by atoms with Gasteiger partial charge in [0.15, 0.2) is 9.84 Å². The van der Waals surface area contributed by atoms with Crippen LogP contribution in [0.2, 0.25) is 0 Å². The van der Waals surface area contributed by atoms with E-state index in [0.717, 1.165) is 0 Å². The molecule has 0 aliphatic carbocycles. The fourth-order valence-corrected chi connectivity index (χ4v) is 4.17. The number of halogens is 2. The number of alkyl halides is 2. The molecule has 2 heterocycles. The van der Waals surface area contributed by atoms with Gasteiger partial charge in [-0.3, -0.25) is 0 Å². The molecular formula is C7H11F2NO2S. The molecule has 6 heteroatoms. The fourth-order valence-electron chi connectivity index (χ4n) is 2.13. The Balaban J connectivity index is 2.19. The van der Waals surface area contributed by atoms with Crippen molar-refractivity contribution in [2.75, 3.05) is 18.1 Å². The standard InChI is InChI=1S/C7H11F2NO2S/c8-7(9)3-6(10-4-7)1-2-13(11,12)5-6/h10H,1-5H2. The molecule has 3 nitrogen and oxygen atoms in total. The van der Waals surface area contributed by atoms with E-state index in [1.54, 1.807) is 0 Å². The molecule has 13 heavy (non-hydrogen) atoms. The van der Waals surface area contributed by atoms with E-state index >= 15 is 0 Å². The topological polar surface area (TPSA) is 46.2 Å². The second kappa shape index (κ2) is 2.42. The highest BCUT2D eigenvalue weighted by atomic mass is 32.2. The molecule has 1 N–H and O–H groups in total. The van der Waals surface area contributed by atoms with Gasteiger partial charge < -0.3 is 5.32 Å². The van der Waals surface area contributed by atoms with Gasteiger partial charge in [0, 0.05) is 12.0 Å². The zero-order chi connectivity index (χ0) is 9.74. The van der Waals surface area contributed by atoms with Crippen LogP contribution in [0.4, 0.5) is 8.78 Å². The summed E-state index contributed by atoms with van der Waals surface area (Å²) in [6.45, 7) is -0.386. The van der Waals surface area contributed by atoms with Gasteiger partial charge in [0.2, 0.25) is 0 Å². The second-order valence-electron chi connectivity index (χ2n) is 4.01. The van der Waals surface area contributed by atoms with Gasteiger partial charge in [0.25, 0.3) is 5.92 Å². The molecule has 0 saturated carbocycles. The highest BCUT2D eigenvalue weighted by molar-refractivity contribution is 7.91. The van der Waals surface area contributed by atoms with Crippen molar-refractivity contribution in [1.82, 2.24) is 5.32 Å². The molecule has 2 fully saturated rings. The average Bonchev–Trinajstić information content (AvgIpc) is 2.37. The first kappa shape index (κ1) is 9.33.